The first-order chi connectivity index (χ1) is 14.1. The summed E-state index contributed by atoms with van der Waals surface area (Å²) in [6.07, 6.45) is 5.06. The minimum Gasteiger partial charge on any atom is -0.508 e. The number of methoxy groups -OCH3 is 1. The van der Waals surface area contributed by atoms with E-state index in [1.54, 1.807) is 19.2 Å². The summed E-state index contributed by atoms with van der Waals surface area (Å²) in [6.45, 7) is 11.7. The predicted octanol–water partition coefficient (Wildman–Crippen LogP) is 3.69. The molecule has 0 aliphatic carbocycles. The number of benzene rings is 1. The lowest BCUT2D eigenvalue weighted by Gasteiger charge is -2.36. The molecular formula is C23H38ClN3O2. The third-order valence-corrected chi connectivity index (χ3v) is 6.88. The van der Waals surface area contributed by atoms with Crippen molar-refractivity contribution in [1.82, 2.24) is 14.7 Å². The summed E-state index contributed by atoms with van der Waals surface area (Å²) < 4.78 is 5.23. The van der Waals surface area contributed by atoms with Gasteiger partial charge in [0.05, 0.1) is 6.61 Å². The molecule has 0 saturated carbocycles. The van der Waals surface area contributed by atoms with E-state index in [1.807, 2.05) is 6.07 Å². The largest absolute Gasteiger partial charge is 0.508 e. The van der Waals surface area contributed by atoms with Crippen LogP contribution in [0.15, 0.2) is 18.2 Å². The van der Waals surface area contributed by atoms with E-state index < -0.39 is 0 Å². The summed E-state index contributed by atoms with van der Waals surface area (Å²) >= 11 is 6.21. The van der Waals surface area contributed by atoms with Crippen molar-refractivity contribution in [3.05, 3.63) is 28.8 Å². The molecule has 2 saturated heterocycles. The van der Waals surface area contributed by atoms with Crippen LogP contribution in [0.25, 0.3) is 0 Å². The number of likely N-dealkylation sites (tertiary alicyclic amines) is 2. The van der Waals surface area contributed by atoms with Gasteiger partial charge in [-0.05, 0) is 76.0 Å². The molecule has 0 unspecified atom stereocenters. The average Bonchev–Trinajstić information content (AvgIpc) is 3.17. The first-order valence-corrected chi connectivity index (χ1v) is 11.6. The van der Waals surface area contributed by atoms with E-state index in [2.05, 4.69) is 21.6 Å². The molecule has 5 nitrogen and oxygen atoms in total. The van der Waals surface area contributed by atoms with Gasteiger partial charge in [-0.1, -0.05) is 18.5 Å². The molecule has 0 radical (unpaired) electrons. The van der Waals surface area contributed by atoms with E-state index in [-0.39, 0.29) is 0 Å². The first-order valence-electron chi connectivity index (χ1n) is 11.2. The zero-order chi connectivity index (χ0) is 20.6. The Hall–Kier alpha value is -0.850. The van der Waals surface area contributed by atoms with Crippen molar-refractivity contribution in [2.24, 2.45) is 5.92 Å². The van der Waals surface area contributed by atoms with Crippen molar-refractivity contribution in [2.45, 2.75) is 45.2 Å². The average molecular weight is 424 g/mol. The molecule has 29 heavy (non-hydrogen) atoms. The lowest BCUT2D eigenvalue weighted by molar-refractivity contribution is 0.0962. The highest BCUT2D eigenvalue weighted by Gasteiger charge is 2.28. The molecule has 1 aromatic carbocycles. The zero-order valence-electron chi connectivity index (χ0n) is 18.2. The molecular weight excluding hydrogens is 386 g/mol. The van der Waals surface area contributed by atoms with Crippen molar-refractivity contribution < 1.29 is 9.84 Å². The summed E-state index contributed by atoms with van der Waals surface area (Å²) in [5.41, 5.74) is 0.941. The number of hydrogen-bond donors (Lipinski definition) is 1. The van der Waals surface area contributed by atoms with Gasteiger partial charge >= 0.3 is 0 Å². The van der Waals surface area contributed by atoms with E-state index in [0.717, 1.165) is 58.0 Å². The number of halogens is 1. The second-order valence-electron chi connectivity index (χ2n) is 8.67. The van der Waals surface area contributed by atoms with Gasteiger partial charge in [0.1, 0.15) is 5.75 Å². The fraction of sp³-hybridized carbons (Fsp3) is 0.739. The van der Waals surface area contributed by atoms with E-state index in [4.69, 9.17) is 16.3 Å². The van der Waals surface area contributed by atoms with Gasteiger partial charge in [0, 0.05) is 49.9 Å². The van der Waals surface area contributed by atoms with Crippen LogP contribution in [0.4, 0.5) is 0 Å². The molecule has 164 valence electrons. The number of piperidine rings is 1. The molecule has 2 aliphatic heterocycles. The monoisotopic (exact) mass is 423 g/mol. The fourth-order valence-corrected chi connectivity index (χ4v) is 5.11. The summed E-state index contributed by atoms with van der Waals surface area (Å²) in [7, 11) is 1.78. The molecule has 0 bridgehead atoms. The number of nitrogens with zero attached hydrogens (tertiary/aromatic N) is 3. The molecule has 2 aliphatic rings. The maximum absolute atomic E-state index is 10.4. The van der Waals surface area contributed by atoms with Crippen LogP contribution in [0.1, 0.15) is 38.2 Å². The molecule has 0 amide bonds. The summed E-state index contributed by atoms with van der Waals surface area (Å²) in [5.74, 6) is 1.07. The molecule has 0 spiro atoms. The Morgan fingerprint density at radius 3 is 2.69 bits per heavy atom. The Morgan fingerprint density at radius 2 is 1.97 bits per heavy atom. The highest BCUT2D eigenvalue weighted by Crippen LogP contribution is 2.27. The summed E-state index contributed by atoms with van der Waals surface area (Å²) in [4.78, 5) is 7.70. The van der Waals surface area contributed by atoms with Crippen molar-refractivity contribution in [2.75, 3.05) is 59.5 Å². The molecule has 2 fully saturated rings. The lowest BCUT2D eigenvalue weighted by Crippen LogP contribution is -2.44. The third kappa shape index (κ3) is 6.83. The van der Waals surface area contributed by atoms with Gasteiger partial charge in [0.25, 0.3) is 0 Å². The zero-order valence-corrected chi connectivity index (χ0v) is 18.9. The minimum atomic E-state index is 0.354. The Labute approximate surface area is 181 Å². The SMILES string of the molecule is CCN1CCC[C@H]1CN(Cc1cc(Cl)ccc1O)CC1CCN(CCOC)CC1. The highest BCUT2D eigenvalue weighted by molar-refractivity contribution is 6.30. The van der Waals surface area contributed by atoms with Gasteiger partial charge in [-0.3, -0.25) is 9.80 Å². The number of aromatic hydroxyl groups is 1. The van der Waals surface area contributed by atoms with Crippen molar-refractivity contribution >= 4 is 11.6 Å². The van der Waals surface area contributed by atoms with Gasteiger partial charge in [0.15, 0.2) is 0 Å². The van der Waals surface area contributed by atoms with Crippen LogP contribution < -0.4 is 0 Å². The van der Waals surface area contributed by atoms with Gasteiger partial charge in [0.2, 0.25) is 0 Å². The Kier molecular flexibility index (Phi) is 9.07. The fourth-order valence-electron chi connectivity index (χ4n) is 4.92. The van der Waals surface area contributed by atoms with E-state index >= 15 is 0 Å². The minimum absolute atomic E-state index is 0.354. The van der Waals surface area contributed by atoms with Gasteiger partial charge in [-0.15, -0.1) is 0 Å². The van der Waals surface area contributed by atoms with Gasteiger partial charge < -0.3 is 14.7 Å². The van der Waals surface area contributed by atoms with Crippen LogP contribution in [0.2, 0.25) is 5.02 Å². The van der Waals surface area contributed by atoms with Crippen LogP contribution in [0.3, 0.4) is 0 Å². The van der Waals surface area contributed by atoms with Gasteiger partial charge in [-0.2, -0.15) is 0 Å². The Balaban J connectivity index is 1.62. The first kappa shape index (κ1) is 22.8. The third-order valence-electron chi connectivity index (χ3n) is 6.64. The number of ether oxygens (including phenoxy) is 1. The molecule has 1 aromatic rings. The maximum Gasteiger partial charge on any atom is 0.120 e. The van der Waals surface area contributed by atoms with Gasteiger partial charge in [-0.25, -0.2) is 0 Å². The Bertz CT molecular complexity index is 622. The smallest absolute Gasteiger partial charge is 0.120 e. The number of phenols is 1. The Morgan fingerprint density at radius 1 is 1.17 bits per heavy atom. The van der Waals surface area contributed by atoms with E-state index in [0.29, 0.717) is 22.7 Å². The number of phenolic OH excluding ortho intramolecular Hbond substituents is 1. The second kappa shape index (κ2) is 11.5. The maximum atomic E-state index is 10.4. The number of likely N-dealkylation sites (N-methyl/N-ethyl adjacent to an activating group) is 1. The van der Waals surface area contributed by atoms with E-state index in [9.17, 15) is 5.11 Å². The lowest BCUT2D eigenvalue weighted by atomic mass is 9.95. The van der Waals surface area contributed by atoms with Crippen LogP contribution in [-0.4, -0.2) is 85.4 Å². The van der Waals surface area contributed by atoms with Crippen molar-refractivity contribution in [1.29, 1.82) is 0 Å². The number of hydrogen-bond acceptors (Lipinski definition) is 5. The standard InChI is InChI=1S/C23H38ClN3O2/c1-3-27-10-4-5-22(27)18-26(17-20-15-21(24)6-7-23(20)28)16-19-8-11-25(12-9-19)13-14-29-2/h6-7,15,19,22,28H,3-5,8-14,16-18H2,1-2H3/t22-/m0/s1. The quantitative estimate of drug-likeness (QED) is 0.621. The van der Waals surface area contributed by atoms with Crippen LogP contribution >= 0.6 is 11.6 Å². The van der Waals surface area contributed by atoms with Crippen LogP contribution in [0.5, 0.6) is 5.75 Å². The van der Waals surface area contributed by atoms with Crippen molar-refractivity contribution in [3.8, 4) is 5.75 Å². The normalized spacial score (nSPS) is 22.0. The van der Waals surface area contributed by atoms with Crippen LogP contribution in [0, 0.1) is 5.92 Å². The summed E-state index contributed by atoms with van der Waals surface area (Å²) in [6, 6.07) is 6.03. The second-order valence-corrected chi connectivity index (χ2v) is 9.11. The molecule has 1 N–H and O–H groups in total. The summed E-state index contributed by atoms with van der Waals surface area (Å²) in [5, 5.41) is 11.0. The molecule has 6 heteroatoms. The molecule has 2 heterocycles. The number of rotatable bonds is 10. The molecule has 0 aromatic heterocycles. The van der Waals surface area contributed by atoms with Crippen molar-refractivity contribution in [3.63, 3.8) is 0 Å². The van der Waals surface area contributed by atoms with E-state index in [1.165, 1.54) is 32.2 Å². The highest BCUT2D eigenvalue weighted by atomic mass is 35.5. The molecule has 3 rings (SSSR count). The predicted molar refractivity (Wildman–Crippen MR) is 120 cm³/mol. The molecule has 1 atom stereocenters. The topological polar surface area (TPSA) is 39.2 Å². The van der Waals surface area contributed by atoms with Crippen LogP contribution in [-0.2, 0) is 11.3 Å².